The Bertz CT molecular complexity index is 878. The lowest BCUT2D eigenvalue weighted by Crippen LogP contribution is -2.25. The van der Waals surface area contributed by atoms with Crippen LogP contribution < -0.4 is 10.2 Å². The number of aromatic nitrogens is 1. The van der Waals surface area contributed by atoms with Gasteiger partial charge in [0.25, 0.3) is 0 Å². The van der Waals surface area contributed by atoms with Crippen LogP contribution in [0.5, 0.6) is 0 Å². The van der Waals surface area contributed by atoms with Gasteiger partial charge in [-0.2, -0.15) is 0 Å². The zero-order chi connectivity index (χ0) is 16.2. The Hall–Kier alpha value is -2.40. The maximum atomic E-state index is 12.0. The van der Waals surface area contributed by atoms with E-state index >= 15 is 0 Å². The Morgan fingerprint density at radius 2 is 1.87 bits per heavy atom. The number of amides is 1. The van der Waals surface area contributed by atoms with Crippen LogP contribution in [-0.2, 0) is 17.9 Å². The van der Waals surface area contributed by atoms with Crippen molar-refractivity contribution in [3.8, 4) is 0 Å². The summed E-state index contributed by atoms with van der Waals surface area (Å²) >= 11 is 1.22. The average Bonchev–Trinajstić information content (AvgIpc) is 2.87. The second-order valence-corrected chi connectivity index (χ2v) is 6.49. The number of aryl methyl sites for hydroxylation is 2. The van der Waals surface area contributed by atoms with Gasteiger partial charge in [-0.1, -0.05) is 53.3 Å². The SMILES string of the molecule is Cc1ccc(CNC(=O)CCn2c(=O)sc3ccccc32)cc1. The first-order valence-corrected chi connectivity index (χ1v) is 8.36. The molecule has 0 unspecified atom stereocenters. The van der Waals surface area contributed by atoms with Crippen molar-refractivity contribution in [2.45, 2.75) is 26.4 Å². The van der Waals surface area contributed by atoms with Gasteiger partial charge in [0.2, 0.25) is 5.91 Å². The number of carbonyl (C=O) groups excluding carboxylic acids is 1. The monoisotopic (exact) mass is 326 g/mol. The number of hydrogen-bond acceptors (Lipinski definition) is 3. The van der Waals surface area contributed by atoms with Crippen LogP contribution in [0.1, 0.15) is 17.5 Å². The zero-order valence-electron chi connectivity index (χ0n) is 12.9. The molecule has 0 aliphatic heterocycles. The van der Waals surface area contributed by atoms with E-state index in [1.807, 2.05) is 55.5 Å². The molecule has 23 heavy (non-hydrogen) atoms. The number of carbonyl (C=O) groups is 1. The summed E-state index contributed by atoms with van der Waals surface area (Å²) in [6.07, 6.45) is 0.298. The van der Waals surface area contributed by atoms with Gasteiger partial charge in [0.15, 0.2) is 0 Å². The predicted octanol–water partition coefficient (Wildman–Crippen LogP) is 3.08. The van der Waals surface area contributed by atoms with Crippen molar-refractivity contribution >= 4 is 27.5 Å². The summed E-state index contributed by atoms with van der Waals surface area (Å²) in [5.41, 5.74) is 3.17. The summed E-state index contributed by atoms with van der Waals surface area (Å²) in [5.74, 6) is -0.0484. The minimum Gasteiger partial charge on any atom is -0.352 e. The Morgan fingerprint density at radius 1 is 1.13 bits per heavy atom. The van der Waals surface area contributed by atoms with E-state index in [9.17, 15) is 9.59 Å². The highest BCUT2D eigenvalue weighted by atomic mass is 32.1. The number of nitrogens with one attached hydrogen (secondary N) is 1. The lowest BCUT2D eigenvalue weighted by molar-refractivity contribution is -0.121. The van der Waals surface area contributed by atoms with Crippen LogP contribution in [-0.4, -0.2) is 10.5 Å². The van der Waals surface area contributed by atoms with E-state index in [0.717, 1.165) is 15.8 Å². The van der Waals surface area contributed by atoms with E-state index in [1.54, 1.807) is 4.57 Å². The number of nitrogens with zero attached hydrogens (tertiary/aromatic N) is 1. The van der Waals surface area contributed by atoms with Gasteiger partial charge in [-0.15, -0.1) is 0 Å². The van der Waals surface area contributed by atoms with Crippen LogP contribution in [0.3, 0.4) is 0 Å². The van der Waals surface area contributed by atoms with Gasteiger partial charge in [0.05, 0.1) is 10.2 Å². The molecule has 0 fully saturated rings. The maximum absolute atomic E-state index is 12.0. The van der Waals surface area contributed by atoms with E-state index in [2.05, 4.69) is 5.32 Å². The van der Waals surface area contributed by atoms with Gasteiger partial charge >= 0.3 is 4.87 Å². The van der Waals surface area contributed by atoms with Crippen LogP contribution in [0, 0.1) is 6.92 Å². The lowest BCUT2D eigenvalue weighted by atomic mass is 10.1. The fourth-order valence-electron chi connectivity index (χ4n) is 2.43. The molecule has 0 aliphatic rings. The molecule has 0 aliphatic carbocycles. The molecular formula is C18H18N2O2S. The van der Waals surface area contributed by atoms with Crippen LogP contribution in [0.4, 0.5) is 0 Å². The van der Waals surface area contributed by atoms with Crippen LogP contribution >= 0.6 is 11.3 Å². The molecule has 2 aromatic carbocycles. The molecule has 0 saturated heterocycles. The quantitative estimate of drug-likeness (QED) is 0.783. The Kier molecular flexibility index (Phi) is 4.57. The molecule has 5 heteroatoms. The highest BCUT2D eigenvalue weighted by Gasteiger charge is 2.08. The number of benzene rings is 2. The molecule has 118 valence electrons. The molecule has 1 heterocycles. The van der Waals surface area contributed by atoms with Crippen molar-refractivity contribution in [3.05, 3.63) is 69.3 Å². The minimum absolute atomic E-state index is 0.0162. The fraction of sp³-hybridized carbons (Fsp3) is 0.222. The van der Waals surface area contributed by atoms with Crippen molar-refractivity contribution in [3.63, 3.8) is 0 Å². The molecule has 0 radical (unpaired) electrons. The van der Waals surface area contributed by atoms with E-state index in [0.29, 0.717) is 19.5 Å². The van der Waals surface area contributed by atoms with Crippen molar-refractivity contribution in [2.24, 2.45) is 0 Å². The molecule has 0 atom stereocenters. The molecule has 1 aromatic heterocycles. The van der Waals surface area contributed by atoms with Crippen molar-refractivity contribution in [2.75, 3.05) is 0 Å². The molecule has 0 spiro atoms. The van der Waals surface area contributed by atoms with Crippen molar-refractivity contribution in [1.29, 1.82) is 0 Å². The molecule has 3 aromatic rings. The van der Waals surface area contributed by atoms with E-state index < -0.39 is 0 Å². The first-order chi connectivity index (χ1) is 11.1. The number of fused-ring (bicyclic) bond motifs is 1. The molecule has 0 bridgehead atoms. The van der Waals surface area contributed by atoms with Gasteiger partial charge in [0.1, 0.15) is 0 Å². The van der Waals surface area contributed by atoms with Gasteiger partial charge in [-0.3, -0.25) is 14.2 Å². The molecular weight excluding hydrogens is 308 g/mol. The fourth-order valence-corrected chi connectivity index (χ4v) is 3.35. The average molecular weight is 326 g/mol. The molecule has 4 nitrogen and oxygen atoms in total. The van der Waals surface area contributed by atoms with Gasteiger partial charge < -0.3 is 5.32 Å². The predicted molar refractivity (Wildman–Crippen MR) is 93.7 cm³/mol. The lowest BCUT2D eigenvalue weighted by Gasteiger charge is -2.07. The zero-order valence-corrected chi connectivity index (χ0v) is 13.7. The topological polar surface area (TPSA) is 51.1 Å². The summed E-state index contributed by atoms with van der Waals surface area (Å²) < 4.78 is 2.63. The summed E-state index contributed by atoms with van der Waals surface area (Å²) in [7, 11) is 0. The minimum atomic E-state index is -0.0484. The number of thiazole rings is 1. The Labute approximate surface area is 138 Å². The van der Waals surface area contributed by atoms with E-state index in [4.69, 9.17) is 0 Å². The Morgan fingerprint density at radius 3 is 2.65 bits per heavy atom. The van der Waals surface area contributed by atoms with Crippen LogP contribution in [0.15, 0.2) is 53.3 Å². The summed E-state index contributed by atoms with van der Waals surface area (Å²) in [5, 5.41) is 2.90. The Balaban J connectivity index is 1.59. The van der Waals surface area contributed by atoms with Gasteiger partial charge in [-0.05, 0) is 24.6 Å². The van der Waals surface area contributed by atoms with Crippen LogP contribution in [0.2, 0.25) is 0 Å². The van der Waals surface area contributed by atoms with Gasteiger partial charge in [-0.25, -0.2) is 0 Å². The van der Waals surface area contributed by atoms with E-state index in [-0.39, 0.29) is 10.8 Å². The number of rotatable bonds is 5. The third-order valence-corrected chi connectivity index (χ3v) is 4.71. The molecule has 3 rings (SSSR count). The summed E-state index contributed by atoms with van der Waals surface area (Å²) in [6.45, 7) is 2.95. The highest BCUT2D eigenvalue weighted by molar-refractivity contribution is 7.16. The smallest absolute Gasteiger partial charge is 0.308 e. The molecule has 1 N–H and O–H groups in total. The third kappa shape index (κ3) is 3.68. The summed E-state index contributed by atoms with van der Waals surface area (Å²) in [6, 6.07) is 15.7. The second kappa shape index (κ2) is 6.79. The van der Waals surface area contributed by atoms with E-state index in [1.165, 1.54) is 16.9 Å². The number of para-hydroxylation sites is 1. The maximum Gasteiger partial charge on any atom is 0.308 e. The second-order valence-electron chi connectivity index (χ2n) is 5.50. The first-order valence-electron chi connectivity index (χ1n) is 7.54. The van der Waals surface area contributed by atoms with Crippen LogP contribution in [0.25, 0.3) is 10.2 Å². The largest absolute Gasteiger partial charge is 0.352 e. The first kappa shape index (κ1) is 15.5. The number of hydrogen-bond donors (Lipinski definition) is 1. The third-order valence-electron chi connectivity index (χ3n) is 3.75. The standard InChI is InChI=1S/C18H18N2O2S/c1-13-6-8-14(9-7-13)12-19-17(21)10-11-20-15-4-2-3-5-16(15)23-18(20)22/h2-9H,10-12H2,1H3,(H,19,21). The van der Waals surface area contributed by atoms with Crippen molar-refractivity contribution < 1.29 is 4.79 Å². The highest BCUT2D eigenvalue weighted by Crippen LogP contribution is 2.16. The molecule has 0 saturated carbocycles. The van der Waals surface area contributed by atoms with Gasteiger partial charge in [0, 0.05) is 19.5 Å². The van der Waals surface area contributed by atoms with Crippen molar-refractivity contribution in [1.82, 2.24) is 9.88 Å². The molecule has 1 amide bonds. The summed E-state index contributed by atoms with van der Waals surface area (Å²) in [4.78, 5) is 24.0. The normalized spacial score (nSPS) is 10.8.